The largest absolute Gasteiger partial charge is 0.251 e. The molecule has 1 heterocycles. The molecule has 3 rings (SSSR count). The zero-order valence-corrected chi connectivity index (χ0v) is 15.6. The Balaban J connectivity index is 1.59. The number of alkyl halides is 1. The molecular weight excluding hydrogens is 337 g/mol. The van der Waals surface area contributed by atoms with Crippen molar-refractivity contribution in [3.8, 4) is 11.1 Å². The summed E-state index contributed by atoms with van der Waals surface area (Å²) in [5.41, 5.74) is 2.97. The van der Waals surface area contributed by atoms with Gasteiger partial charge in [0.05, 0.1) is 6.67 Å². The summed E-state index contributed by atoms with van der Waals surface area (Å²) >= 11 is 0. The van der Waals surface area contributed by atoms with Crippen molar-refractivity contribution in [2.75, 3.05) is 6.67 Å². The second-order valence-electron chi connectivity index (χ2n) is 7.15. The summed E-state index contributed by atoms with van der Waals surface area (Å²) in [5, 5.41) is 0. The van der Waals surface area contributed by atoms with Gasteiger partial charge in [-0.1, -0.05) is 54.9 Å². The van der Waals surface area contributed by atoms with Crippen LogP contribution in [0.25, 0.3) is 11.1 Å². The van der Waals surface area contributed by atoms with Gasteiger partial charge in [-0.05, 0) is 54.0 Å². The summed E-state index contributed by atoms with van der Waals surface area (Å²) < 4.78 is 38.7. The molecule has 0 amide bonds. The second-order valence-corrected chi connectivity index (χ2v) is 10.6. The lowest BCUT2D eigenvalue weighted by atomic mass is 9.92. The second kappa shape index (κ2) is 8.70. The molecule has 0 N–H and O–H groups in total. The summed E-state index contributed by atoms with van der Waals surface area (Å²) in [7, 11) is -0.633. The summed E-state index contributed by atoms with van der Waals surface area (Å²) in [6.07, 6.45) is 4.30. The van der Waals surface area contributed by atoms with Crippen molar-refractivity contribution in [1.82, 2.24) is 0 Å². The molecule has 0 atom stereocenters. The van der Waals surface area contributed by atoms with E-state index in [1.165, 1.54) is 48.7 Å². The van der Waals surface area contributed by atoms with Gasteiger partial charge in [-0.2, -0.15) is 0 Å². The number of halogens is 3. The SMILES string of the molecule is FCCCC[SiH]1CCC(c2ccc(-c3ccc(F)c(F)c3)cc2)CC1. The molecule has 2 aromatic rings. The number of unbranched alkanes of at least 4 members (excludes halogenated alkanes) is 1. The Labute approximate surface area is 149 Å². The highest BCUT2D eigenvalue weighted by Gasteiger charge is 2.23. The monoisotopic (exact) mass is 362 g/mol. The topological polar surface area (TPSA) is 0 Å². The fourth-order valence-corrected chi connectivity index (χ4v) is 7.41. The first-order valence-electron chi connectivity index (χ1n) is 9.28. The van der Waals surface area contributed by atoms with Crippen LogP contribution in [0.4, 0.5) is 13.2 Å². The Kier molecular flexibility index (Phi) is 6.35. The van der Waals surface area contributed by atoms with Crippen molar-refractivity contribution < 1.29 is 13.2 Å². The summed E-state index contributed by atoms with van der Waals surface area (Å²) in [5.74, 6) is -1.01. The minimum atomic E-state index is -0.812. The molecular formula is C21H25F3Si. The Bertz CT molecular complexity index is 676. The van der Waals surface area contributed by atoms with Crippen LogP contribution in [0.3, 0.4) is 0 Å². The molecule has 0 nitrogen and oxygen atoms in total. The van der Waals surface area contributed by atoms with E-state index < -0.39 is 20.4 Å². The van der Waals surface area contributed by atoms with Gasteiger partial charge < -0.3 is 0 Å². The Morgan fingerprint density at radius 1 is 0.840 bits per heavy atom. The molecule has 134 valence electrons. The maximum Gasteiger partial charge on any atom is 0.159 e. The fourth-order valence-electron chi connectivity index (χ4n) is 3.94. The van der Waals surface area contributed by atoms with Crippen LogP contribution < -0.4 is 0 Å². The standard InChI is InChI=1S/C21H25F3Si/c22-11-1-2-12-25-13-9-18(10-14-25)16-3-5-17(6-4-16)19-7-8-20(23)21(24)15-19/h3-8,15,18,25H,1-2,9-14H2. The van der Waals surface area contributed by atoms with E-state index in [0.717, 1.165) is 18.4 Å². The van der Waals surface area contributed by atoms with Crippen LogP contribution in [-0.4, -0.2) is 15.5 Å². The molecule has 1 aliphatic rings. The molecule has 1 aliphatic heterocycles. The van der Waals surface area contributed by atoms with E-state index >= 15 is 0 Å². The van der Waals surface area contributed by atoms with Gasteiger partial charge >= 0.3 is 0 Å². The third kappa shape index (κ3) is 4.75. The number of benzene rings is 2. The van der Waals surface area contributed by atoms with Crippen LogP contribution in [0.2, 0.25) is 18.1 Å². The number of rotatable bonds is 6. The predicted octanol–water partition coefficient (Wildman–Crippen LogP) is 6.49. The summed E-state index contributed by atoms with van der Waals surface area (Å²) in [6.45, 7) is -0.173. The van der Waals surface area contributed by atoms with Crippen LogP contribution in [0.5, 0.6) is 0 Å². The van der Waals surface area contributed by atoms with E-state index in [2.05, 4.69) is 12.1 Å². The molecule has 0 aliphatic carbocycles. The van der Waals surface area contributed by atoms with Crippen LogP contribution in [0.15, 0.2) is 42.5 Å². The van der Waals surface area contributed by atoms with Gasteiger partial charge in [-0.3, -0.25) is 4.39 Å². The van der Waals surface area contributed by atoms with Gasteiger partial charge in [0.15, 0.2) is 11.6 Å². The molecule has 2 aromatic carbocycles. The van der Waals surface area contributed by atoms with Crippen molar-refractivity contribution in [2.45, 2.75) is 49.7 Å². The van der Waals surface area contributed by atoms with Gasteiger partial charge in [0, 0.05) is 8.80 Å². The molecule has 1 saturated heterocycles. The first-order valence-corrected chi connectivity index (χ1v) is 11.7. The van der Waals surface area contributed by atoms with Gasteiger partial charge in [0.25, 0.3) is 0 Å². The van der Waals surface area contributed by atoms with E-state index in [1.807, 2.05) is 12.1 Å². The Morgan fingerprint density at radius 3 is 2.16 bits per heavy atom. The van der Waals surface area contributed by atoms with Crippen LogP contribution in [-0.2, 0) is 0 Å². The fraction of sp³-hybridized carbons (Fsp3) is 0.429. The predicted molar refractivity (Wildman–Crippen MR) is 101 cm³/mol. The molecule has 0 saturated carbocycles. The maximum absolute atomic E-state index is 13.4. The zero-order chi connectivity index (χ0) is 17.6. The van der Waals surface area contributed by atoms with Gasteiger partial charge in [0.2, 0.25) is 0 Å². The lowest BCUT2D eigenvalue weighted by Gasteiger charge is -2.28. The van der Waals surface area contributed by atoms with Crippen molar-refractivity contribution in [3.05, 3.63) is 59.7 Å². The lowest BCUT2D eigenvalue weighted by Crippen LogP contribution is -2.20. The summed E-state index contributed by atoms with van der Waals surface area (Å²) in [6, 6.07) is 16.3. The molecule has 0 radical (unpaired) electrons. The average Bonchev–Trinajstić information content (AvgIpc) is 2.65. The van der Waals surface area contributed by atoms with Gasteiger partial charge in [-0.25, -0.2) is 8.78 Å². The highest BCUT2D eigenvalue weighted by molar-refractivity contribution is 6.59. The molecule has 0 spiro atoms. The zero-order valence-electron chi connectivity index (χ0n) is 14.5. The Hall–Kier alpha value is -1.55. The summed E-state index contributed by atoms with van der Waals surface area (Å²) in [4.78, 5) is 0. The van der Waals surface area contributed by atoms with Crippen molar-refractivity contribution in [2.24, 2.45) is 0 Å². The first kappa shape index (κ1) is 18.2. The number of hydrogen-bond acceptors (Lipinski definition) is 0. The van der Waals surface area contributed by atoms with E-state index in [0.29, 0.717) is 11.5 Å². The molecule has 0 bridgehead atoms. The van der Waals surface area contributed by atoms with Crippen LogP contribution in [0.1, 0.15) is 37.2 Å². The van der Waals surface area contributed by atoms with Crippen LogP contribution in [0, 0.1) is 11.6 Å². The minimum absolute atomic E-state index is 0.173. The average molecular weight is 363 g/mol. The smallest absolute Gasteiger partial charge is 0.159 e. The highest BCUT2D eigenvalue weighted by atomic mass is 28.3. The highest BCUT2D eigenvalue weighted by Crippen LogP contribution is 2.36. The van der Waals surface area contributed by atoms with Crippen molar-refractivity contribution >= 4 is 8.80 Å². The number of hydrogen-bond donors (Lipinski definition) is 0. The lowest BCUT2D eigenvalue weighted by molar-refractivity contribution is 0.468. The normalized spacial score (nSPS) is 20.6. The van der Waals surface area contributed by atoms with E-state index in [9.17, 15) is 13.2 Å². The molecule has 4 heteroatoms. The van der Waals surface area contributed by atoms with Crippen molar-refractivity contribution in [1.29, 1.82) is 0 Å². The molecule has 0 aromatic heterocycles. The van der Waals surface area contributed by atoms with Crippen LogP contribution >= 0.6 is 0 Å². The maximum atomic E-state index is 13.4. The van der Waals surface area contributed by atoms with Gasteiger partial charge in [-0.15, -0.1) is 0 Å². The molecule has 1 fully saturated rings. The third-order valence-corrected chi connectivity index (χ3v) is 9.00. The third-order valence-electron chi connectivity index (χ3n) is 5.48. The molecule has 0 unspecified atom stereocenters. The van der Waals surface area contributed by atoms with Crippen molar-refractivity contribution in [3.63, 3.8) is 0 Å². The van der Waals surface area contributed by atoms with E-state index in [4.69, 9.17) is 0 Å². The quantitative estimate of drug-likeness (QED) is 0.407. The minimum Gasteiger partial charge on any atom is -0.251 e. The Morgan fingerprint density at radius 2 is 1.52 bits per heavy atom. The van der Waals surface area contributed by atoms with E-state index in [1.54, 1.807) is 6.07 Å². The first-order chi connectivity index (χ1) is 12.2. The molecule has 25 heavy (non-hydrogen) atoms. The van der Waals surface area contributed by atoms with Gasteiger partial charge in [0.1, 0.15) is 0 Å². The van der Waals surface area contributed by atoms with E-state index in [-0.39, 0.29) is 6.67 Å².